The highest BCUT2D eigenvalue weighted by Crippen LogP contribution is 2.33. The molecular formula is C18H23N3O3. The van der Waals surface area contributed by atoms with Gasteiger partial charge in [-0.15, -0.1) is 0 Å². The summed E-state index contributed by atoms with van der Waals surface area (Å²) in [5, 5.41) is 5.44. The highest BCUT2D eigenvalue weighted by molar-refractivity contribution is 6.39. The Morgan fingerprint density at radius 1 is 1.29 bits per heavy atom. The third kappa shape index (κ3) is 3.27. The molecule has 0 saturated carbocycles. The molecule has 6 nitrogen and oxygen atoms in total. The zero-order valence-corrected chi connectivity index (χ0v) is 14.2. The number of hydrazone groups is 1. The summed E-state index contributed by atoms with van der Waals surface area (Å²) in [5.74, 6) is 0.746. The van der Waals surface area contributed by atoms with Crippen LogP contribution in [0, 0.1) is 0 Å². The Kier molecular flexibility index (Phi) is 4.83. The van der Waals surface area contributed by atoms with Gasteiger partial charge in [0.15, 0.2) is 0 Å². The Bertz CT molecular complexity index is 654. The van der Waals surface area contributed by atoms with Crippen LogP contribution in [0.25, 0.3) is 0 Å². The Labute approximate surface area is 142 Å². The van der Waals surface area contributed by atoms with Crippen LogP contribution in [0.4, 0.5) is 0 Å². The number of carbonyl (C=O) groups is 2. The summed E-state index contributed by atoms with van der Waals surface area (Å²) in [5.41, 5.74) is 1.60. The van der Waals surface area contributed by atoms with E-state index in [0.29, 0.717) is 25.2 Å². The molecule has 1 aromatic rings. The van der Waals surface area contributed by atoms with Gasteiger partial charge in [-0.05, 0) is 37.5 Å². The standard InChI is InChI=1S/C18H23N3O3/c1-3-24-14-8-6-13(7-9-14)16-5-4-12-21(16)18(23)15-10-11-17(22)20(2)19-15/h6-9,16H,3-5,10-12H2,1-2H3. The molecule has 0 radical (unpaired) electrons. The fraction of sp³-hybridized carbons (Fsp3) is 0.500. The zero-order valence-electron chi connectivity index (χ0n) is 14.2. The van der Waals surface area contributed by atoms with Crippen molar-refractivity contribution in [2.24, 2.45) is 5.10 Å². The molecule has 2 aliphatic heterocycles. The molecule has 3 rings (SSSR count). The molecular weight excluding hydrogens is 306 g/mol. The minimum atomic E-state index is -0.0502. The van der Waals surface area contributed by atoms with Crippen LogP contribution in [0.3, 0.4) is 0 Å². The average molecular weight is 329 g/mol. The van der Waals surface area contributed by atoms with Crippen LogP contribution >= 0.6 is 0 Å². The van der Waals surface area contributed by atoms with Crippen LogP contribution in [0.15, 0.2) is 29.4 Å². The summed E-state index contributed by atoms with van der Waals surface area (Å²) >= 11 is 0. The largest absolute Gasteiger partial charge is 0.494 e. The summed E-state index contributed by atoms with van der Waals surface area (Å²) in [6.07, 6.45) is 2.70. The van der Waals surface area contributed by atoms with Gasteiger partial charge in [0.1, 0.15) is 11.5 Å². The van der Waals surface area contributed by atoms with Gasteiger partial charge in [-0.25, -0.2) is 5.01 Å². The van der Waals surface area contributed by atoms with Crippen molar-refractivity contribution in [3.63, 3.8) is 0 Å². The van der Waals surface area contributed by atoms with Gasteiger partial charge in [0, 0.05) is 26.4 Å². The summed E-state index contributed by atoms with van der Waals surface area (Å²) in [4.78, 5) is 26.3. The van der Waals surface area contributed by atoms with Crippen molar-refractivity contribution in [2.75, 3.05) is 20.2 Å². The molecule has 2 heterocycles. The van der Waals surface area contributed by atoms with Crippen molar-refractivity contribution in [3.05, 3.63) is 29.8 Å². The molecule has 0 N–H and O–H groups in total. The quantitative estimate of drug-likeness (QED) is 0.852. The van der Waals surface area contributed by atoms with Gasteiger partial charge < -0.3 is 9.64 Å². The van der Waals surface area contributed by atoms with Gasteiger partial charge in [-0.2, -0.15) is 5.10 Å². The van der Waals surface area contributed by atoms with Crippen LogP contribution in [-0.2, 0) is 9.59 Å². The topological polar surface area (TPSA) is 62.2 Å². The summed E-state index contributed by atoms with van der Waals surface area (Å²) in [6.45, 7) is 3.32. The number of benzene rings is 1. The van der Waals surface area contributed by atoms with Gasteiger partial charge in [0.05, 0.1) is 12.6 Å². The molecule has 1 aromatic carbocycles. The van der Waals surface area contributed by atoms with Crippen molar-refractivity contribution < 1.29 is 14.3 Å². The van der Waals surface area contributed by atoms with Crippen LogP contribution in [0.1, 0.15) is 44.2 Å². The van der Waals surface area contributed by atoms with E-state index in [9.17, 15) is 9.59 Å². The molecule has 24 heavy (non-hydrogen) atoms. The molecule has 1 saturated heterocycles. The SMILES string of the molecule is CCOc1ccc(C2CCCN2C(=O)C2=NN(C)C(=O)CC2)cc1. The smallest absolute Gasteiger partial charge is 0.270 e. The van der Waals surface area contributed by atoms with E-state index in [2.05, 4.69) is 5.10 Å². The molecule has 128 valence electrons. The van der Waals surface area contributed by atoms with Crippen LogP contribution in [0.2, 0.25) is 0 Å². The lowest BCUT2D eigenvalue weighted by molar-refractivity contribution is -0.130. The van der Waals surface area contributed by atoms with Crippen molar-refractivity contribution in [3.8, 4) is 5.75 Å². The molecule has 1 fully saturated rings. The lowest BCUT2D eigenvalue weighted by atomic mass is 10.0. The molecule has 6 heteroatoms. The van der Waals surface area contributed by atoms with E-state index >= 15 is 0 Å². The second-order valence-electron chi connectivity index (χ2n) is 6.12. The summed E-state index contributed by atoms with van der Waals surface area (Å²) in [6, 6.07) is 8.02. The molecule has 2 aliphatic rings. The molecule has 2 amide bonds. The highest BCUT2D eigenvalue weighted by Gasteiger charge is 2.34. The minimum absolute atomic E-state index is 0.0453. The minimum Gasteiger partial charge on any atom is -0.494 e. The monoisotopic (exact) mass is 329 g/mol. The normalized spacial score (nSPS) is 21.0. The Morgan fingerprint density at radius 2 is 2.04 bits per heavy atom. The van der Waals surface area contributed by atoms with Crippen molar-refractivity contribution in [2.45, 2.75) is 38.6 Å². The van der Waals surface area contributed by atoms with E-state index in [0.717, 1.165) is 30.7 Å². The number of nitrogens with zero attached hydrogens (tertiary/aromatic N) is 3. The first kappa shape index (κ1) is 16.5. The van der Waals surface area contributed by atoms with Gasteiger partial charge >= 0.3 is 0 Å². The Hall–Kier alpha value is -2.37. The Balaban J connectivity index is 1.76. The fourth-order valence-electron chi connectivity index (χ4n) is 3.30. The van der Waals surface area contributed by atoms with Gasteiger partial charge in [0.2, 0.25) is 5.91 Å². The summed E-state index contributed by atoms with van der Waals surface area (Å²) < 4.78 is 5.48. The lowest BCUT2D eigenvalue weighted by Gasteiger charge is -2.27. The van der Waals surface area contributed by atoms with Crippen LogP contribution in [0.5, 0.6) is 5.75 Å². The number of amides is 2. The predicted molar refractivity (Wildman–Crippen MR) is 90.7 cm³/mol. The predicted octanol–water partition coefficient (Wildman–Crippen LogP) is 2.36. The average Bonchev–Trinajstić information content (AvgIpc) is 3.07. The molecule has 0 spiro atoms. The second-order valence-corrected chi connectivity index (χ2v) is 6.12. The zero-order chi connectivity index (χ0) is 17.1. The van der Waals surface area contributed by atoms with E-state index in [1.54, 1.807) is 7.05 Å². The second kappa shape index (κ2) is 7.03. The third-order valence-corrected chi connectivity index (χ3v) is 4.54. The molecule has 0 aliphatic carbocycles. The fourth-order valence-corrected chi connectivity index (χ4v) is 3.30. The number of likely N-dealkylation sites (tertiary alicyclic amines) is 1. The maximum absolute atomic E-state index is 12.8. The van der Waals surface area contributed by atoms with E-state index in [1.165, 1.54) is 5.01 Å². The first-order valence-electron chi connectivity index (χ1n) is 8.48. The molecule has 0 aromatic heterocycles. The molecule has 1 atom stereocenters. The first-order valence-corrected chi connectivity index (χ1v) is 8.48. The van der Waals surface area contributed by atoms with Crippen LogP contribution < -0.4 is 4.74 Å². The van der Waals surface area contributed by atoms with Gasteiger partial charge in [-0.1, -0.05) is 12.1 Å². The van der Waals surface area contributed by atoms with E-state index < -0.39 is 0 Å². The van der Waals surface area contributed by atoms with Crippen LogP contribution in [-0.4, -0.2) is 47.6 Å². The Morgan fingerprint density at radius 3 is 2.71 bits per heavy atom. The molecule has 0 bridgehead atoms. The number of carbonyl (C=O) groups excluding carboxylic acids is 2. The van der Waals surface area contributed by atoms with E-state index in [4.69, 9.17) is 4.74 Å². The highest BCUT2D eigenvalue weighted by atomic mass is 16.5. The summed E-state index contributed by atoms with van der Waals surface area (Å²) in [7, 11) is 1.60. The molecule has 1 unspecified atom stereocenters. The lowest BCUT2D eigenvalue weighted by Crippen LogP contribution is -2.40. The maximum atomic E-state index is 12.8. The van der Waals surface area contributed by atoms with Crippen molar-refractivity contribution in [1.82, 2.24) is 9.91 Å². The van der Waals surface area contributed by atoms with E-state index in [-0.39, 0.29) is 17.9 Å². The van der Waals surface area contributed by atoms with Gasteiger partial charge in [-0.3, -0.25) is 9.59 Å². The van der Waals surface area contributed by atoms with Crippen molar-refractivity contribution in [1.29, 1.82) is 0 Å². The van der Waals surface area contributed by atoms with E-state index in [1.807, 2.05) is 36.1 Å². The van der Waals surface area contributed by atoms with Crippen molar-refractivity contribution >= 4 is 17.5 Å². The number of hydrogen-bond donors (Lipinski definition) is 0. The maximum Gasteiger partial charge on any atom is 0.270 e. The number of rotatable bonds is 4. The number of hydrogen-bond acceptors (Lipinski definition) is 4. The van der Waals surface area contributed by atoms with Gasteiger partial charge in [0.25, 0.3) is 5.91 Å². The third-order valence-electron chi connectivity index (χ3n) is 4.54. The number of ether oxygens (including phenoxy) is 1. The first-order chi connectivity index (χ1) is 11.6.